The van der Waals surface area contributed by atoms with Crippen LogP contribution in [-0.4, -0.2) is 16.0 Å². The molecule has 0 spiro atoms. The zero-order valence-corrected chi connectivity index (χ0v) is 8.34. The molecule has 0 aromatic carbocycles. The van der Waals surface area contributed by atoms with Gasteiger partial charge in [0.2, 0.25) is 5.91 Å². The Morgan fingerprint density at radius 2 is 2.33 bits per heavy atom. The number of carbonyl (C=O) groups excluding carboxylic acids is 1. The molecule has 0 bridgehead atoms. The molecular weight excluding hydrogens is 192 g/mol. The predicted molar refractivity (Wildman–Crippen MR) is 58.5 cm³/mol. The molecular formula is C11H12N2O2. The fourth-order valence-corrected chi connectivity index (χ4v) is 0.906. The molecule has 1 aromatic heterocycles. The van der Waals surface area contributed by atoms with Crippen LogP contribution in [0.1, 0.15) is 6.92 Å². The summed E-state index contributed by atoms with van der Waals surface area (Å²) in [5.74, 6) is -0.222. The Morgan fingerprint density at radius 3 is 3.00 bits per heavy atom. The number of hydrogen-bond donors (Lipinski definition) is 2. The van der Waals surface area contributed by atoms with Gasteiger partial charge in [-0.25, -0.2) is 4.98 Å². The molecule has 1 aromatic rings. The van der Waals surface area contributed by atoms with E-state index in [0.29, 0.717) is 0 Å². The highest BCUT2D eigenvalue weighted by atomic mass is 16.3. The Balaban J connectivity index is 2.63. The van der Waals surface area contributed by atoms with Crippen LogP contribution in [0.4, 0.5) is 5.82 Å². The Bertz CT molecular complexity index is 397. The van der Waals surface area contributed by atoms with Gasteiger partial charge in [0.25, 0.3) is 0 Å². The summed E-state index contributed by atoms with van der Waals surface area (Å²) in [6.45, 7) is 1.85. The fourth-order valence-electron chi connectivity index (χ4n) is 0.906. The zero-order chi connectivity index (χ0) is 11.1. The van der Waals surface area contributed by atoms with Gasteiger partial charge >= 0.3 is 0 Å². The molecule has 0 aliphatic carbocycles. The molecule has 0 atom stereocenters. The minimum atomic E-state index is -0.331. The highest BCUT2D eigenvalue weighted by molar-refractivity contribution is 5.99. The van der Waals surface area contributed by atoms with Crippen molar-refractivity contribution in [2.24, 2.45) is 0 Å². The summed E-state index contributed by atoms with van der Waals surface area (Å²) in [7, 11) is 0. The molecule has 1 heterocycles. The van der Waals surface area contributed by atoms with Crippen molar-refractivity contribution in [2.45, 2.75) is 6.92 Å². The minimum absolute atomic E-state index is 0.0507. The smallest absolute Gasteiger partial charge is 0.249 e. The van der Waals surface area contributed by atoms with E-state index in [2.05, 4.69) is 10.3 Å². The van der Waals surface area contributed by atoms with E-state index in [0.717, 1.165) is 0 Å². The van der Waals surface area contributed by atoms with E-state index in [9.17, 15) is 9.90 Å². The number of allylic oxidation sites excluding steroid dienone is 3. The predicted octanol–water partition coefficient (Wildman–Crippen LogP) is 1.86. The molecule has 0 aliphatic heterocycles. The Labute approximate surface area is 88.0 Å². The summed E-state index contributed by atoms with van der Waals surface area (Å²) < 4.78 is 0. The van der Waals surface area contributed by atoms with Gasteiger partial charge < -0.3 is 10.4 Å². The molecule has 15 heavy (non-hydrogen) atoms. The average Bonchev–Trinajstić information content (AvgIpc) is 2.22. The lowest BCUT2D eigenvalue weighted by Gasteiger charge is -2.01. The molecule has 0 saturated heterocycles. The van der Waals surface area contributed by atoms with Crippen molar-refractivity contribution in [3.63, 3.8) is 0 Å². The molecule has 0 unspecified atom stereocenters. The van der Waals surface area contributed by atoms with Gasteiger partial charge in [-0.15, -0.1) is 0 Å². The molecule has 2 N–H and O–H groups in total. The van der Waals surface area contributed by atoms with Crippen LogP contribution in [0.3, 0.4) is 0 Å². The van der Waals surface area contributed by atoms with Crippen LogP contribution in [0.25, 0.3) is 0 Å². The monoisotopic (exact) mass is 204 g/mol. The van der Waals surface area contributed by atoms with Crippen molar-refractivity contribution in [1.29, 1.82) is 0 Å². The number of carbonyl (C=O) groups is 1. The van der Waals surface area contributed by atoms with Gasteiger partial charge in [0.05, 0.1) is 0 Å². The molecule has 78 valence electrons. The summed E-state index contributed by atoms with van der Waals surface area (Å²) in [4.78, 5) is 15.1. The van der Waals surface area contributed by atoms with E-state index in [1.54, 1.807) is 18.2 Å². The van der Waals surface area contributed by atoms with Crippen molar-refractivity contribution < 1.29 is 9.90 Å². The molecule has 0 fully saturated rings. The number of aromatic nitrogens is 1. The number of pyridine rings is 1. The van der Waals surface area contributed by atoms with Crippen molar-refractivity contribution in [3.05, 3.63) is 42.6 Å². The minimum Gasteiger partial charge on any atom is -0.504 e. The first-order valence-corrected chi connectivity index (χ1v) is 4.48. The van der Waals surface area contributed by atoms with Gasteiger partial charge in [-0.3, -0.25) is 4.79 Å². The fraction of sp³-hybridized carbons (Fsp3) is 0.0909. The van der Waals surface area contributed by atoms with Crippen LogP contribution in [0.2, 0.25) is 0 Å². The van der Waals surface area contributed by atoms with E-state index in [-0.39, 0.29) is 17.5 Å². The lowest BCUT2D eigenvalue weighted by molar-refractivity contribution is -0.111. The summed E-state index contributed by atoms with van der Waals surface area (Å²) in [5, 5.41) is 11.8. The van der Waals surface area contributed by atoms with Crippen LogP contribution < -0.4 is 5.32 Å². The zero-order valence-electron chi connectivity index (χ0n) is 8.34. The average molecular weight is 204 g/mol. The molecule has 0 saturated carbocycles. The lowest BCUT2D eigenvalue weighted by Crippen LogP contribution is -2.08. The first-order valence-electron chi connectivity index (χ1n) is 4.48. The van der Waals surface area contributed by atoms with Gasteiger partial charge in [0, 0.05) is 12.3 Å². The summed E-state index contributed by atoms with van der Waals surface area (Å²) in [5.41, 5.74) is 0. The van der Waals surface area contributed by atoms with Crippen molar-refractivity contribution in [3.8, 4) is 5.75 Å². The van der Waals surface area contributed by atoms with Gasteiger partial charge in [-0.2, -0.15) is 0 Å². The molecule has 1 rings (SSSR count). The second kappa shape index (κ2) is 5.59. The summed E-state index contributed by atoms with van der Waals surface area (Å²) >= 11 is 0. The summed E-state index contributed by atoms with van der Waals surface area (Å²) in [6, 6.07) is 3.04. The Morgan fingerprint density at radius 1 is 1.53 bits per heavy atom. The highest BCUT2D eigenvalue weighted by Gasteiger charge is 2.02. The first kappa shape index (κ1) is 11.0. The molecule has 0 radical (unpaired) electrons. The van der Waals surface area contributed by atoms with E-state index in [1.807, 2.05) is 13.0 Å². The van der Waals surface area contributed by atoms with E-state index in [4.69, 9.17) is 0 Å². The second-order valence-electron chi connectivity index (χ2n) is 2.75. The SMILES string of the molecule is C/C=C/C=C/C(=O)Nc1ncccc1O. The molecule has 1 amide bonds. The highest BCUT2D eigenvalue weighted by Crippen LogP contribution is 2.17. The Hall–Kier alpha value is -2.10. The topological polar surface area (TPSA) is 62.2 Å². The van der Waals surface area contributed by atoms with Gasteiger partial charge in [0.15, 0.2) is 11.6 Å². The first-order chi connectivity index (χ1) is 7.24. The molecule has 4 nitrogen and oxygen atoms in total. The van der Waals surface area contributed by atoms with Crippen LogP contribution in [0, 0.1) is 0 Å². The Kier molecular flexibility index (Phi) is 4.09. The van der Waals surface area contributed by atoms with Crippen LogP contribution >= 0.6 is 0 Å². The van der Waals surface area contributed by atoms with Crippen molar-refractivity contribution in [1.82, 2.24) is 4.98 Å². The number of rotatable bonds is 3. The van der Waals surface area contributed by atoms with Crippen LogP contribution in [0.15, 0.2) is 42.6 Å². The number of aromatic hydroxyl groups is 1. The van der Waals surface area contributed by atoms with Crippen LogP contribution in [-0.2, 0) is 4.79 Å². The van der Waals surface area contributed by atoms with E-state index >= 15 is 0 Å². The molecule has 4 heteroatoms. The van der Waals surface area contributed by atoms with Crippen LogP contribution in [0.5, 0.6) is 5.75 Å². The largest absolute Gasteiger partial charge is 0.504 e. The molecule has 0 aliphatic rings. The lowest BCUT2D eigenvalue weighted by atomic mass is 10.4. The number of nitrogens with zero attached hydrogens (tertiary/aromatic N) is 1. The maximum Gasteiger partial charge on any atom is 0.249 e. The van der Waals surface area contributed by atoms with Gasteiger partial charge in [-0.1, -0.05) is 18.2 Å². The number of amides is 1. The van der Waals surface area contributed by atoms with Gasteiger partial charge in [-0.05, 0) is 19.1 Å². The van der Waals surface area contributed by atoms with Crippen molar-refractivity contribution in [2.75, 3.05) is 5.32 Å². The van der Waals surface area contributed by atoms with E-state index < -0.39 is 0 Å². The van der Waals surface area contributed by atoms with Gasteiger partial charge in [0.1, 0.15) is 0 Å². The third kappa shape index (κ3) is 3.64. The van der Waals surface area contributed by atoms with Crippen molar-refractivity contribution >= 4 is 11.7 Å². The number of hydrogen-bond acceptors (Lipinski definition) is 3. The standard InChI is InChI=1S/C11H12N2O2/c1-2-3-4-7-10(15)13-11-9(14)6-5-8-12-11/h2-8,14H,1H3,(H,12,13,15)/b3-2+,7-4+. The van der Waals surface area contributed by atoms with E-state index in [1.165, 1.54) is 18.3 Å². The number of anilines is 1. The third-order valence-electron chi connectivity index (χ3n) is 1.58. The summed E-state index contributed by atoms with van der Waals surface area (Å²) in [6.07, 6.45) is 7.99. The normalized spacial score (nSPS) is 11.0. The maximum atomic E-state index is 11.3. The number of nitrogens with one attached hydrogen (secondary N) is 1. The quantitative estimate of drug-likeness (QED) is 0.583. The second-order valence-corrected chi connectivity index (χ2v) is 2.75. The maximum absolute atomic E-state index is 11.3. The third-order valence-corrected chi connectivity index (χ3v) is 1.58.